The molecule has 0 spiro atoms. The Morgan fingerprint density at radius 1 is 0.367 bits per heavy atom. The van der Waals surface area contributed by atoms with Gasteiger partial charge in [-0.2, -0.15) is 64.8 Å². The Bertz CT molecular complexity index is 1780. The van der Waals surface area contributed by atoms with Crippen LogP contribution in [0.4, 0.5) is 39.5 Å². The molecule has 0 aliphatic heterocycles. The summed E-state index contributed by atoms with van der Waals surface area (Å²) < 4.78 is 189. The van der Waals surface area contributed by atoms with E-state index in [2.05, 4.69) is 37.9 Å². The second-order valence-electron chi connectivity index (χ2n) is 13.9. The average molecular weight is 997 g/mol. The van der Waals surface area contributed by atoms with Crippen molar-refractivity contribution >= 4 is 68.2 Å². The second kappa shape index (κ2) is 24.2. The molecule has 0 aliphatic carbocycles. The number of halogens is 9. The van der Waals surface area contributed by atoms with Crippen LogP contribution < -0.4 is 14.2 Å². The molecular formula is C33H45F9O12S6. The van der Waals surface area contributed by atoms with Crippen LogP contribution in [0.15, 0.2) is 87.5 Å². The van der Waals surface area contributed by atoms with Gasteiger partial charge in [-0.05, 0) is 135 Å². The van der Waals surface area contributed by atoms with Crippen LogP contribution in [0.25, 0.3) is 0 Å². The van der Waals surface area contributed by atoms with E-state index in [1.165, 1.54) is 0 Å². The molecule has 0 atom stereocenters. The van der Waals surface area contributed by atoms with Gasteiger partial charge in [-0.3, -0.25) is 13.7 Å². The number of alkyl halides is 9. The summed E-state index contributed by atoms with van der Waals surface area (Å²) in [5.41, 5.74) is -17.0. The van der Waals surface area contributed by atoms with Crippen LogP contribution in [-0.4, -0.2) is 72.2 Å². The number of rotatable bonds is 3. The Labute approximate surface area is 359 Å². The van der Waals surface area contributed by atoms with Crippen LogP contribution in [0.3, 0.4) is 0 Å². The van der Waals surface area contributed by atoms with Gasteiger partial charge in [0.25, 0.3) is 0 Å². The SMILES string of the molecule is CC(C)(C)Oc1ccc(S)cc1.CC(C)(C)Oc1ccc(S)cc1.CC(C)(C)Oc1ccc(S)cc1.O=S(=O)(O)C(F)(F)F.O=S(=O)(O)C(F)(F)F.O=S(=O)(O)C(F)(F)F. The summed E-state index contributed by atoms with van der Waals surface area (Å²) in [6.45, 7) is 18.3. The van der Waals surface area contributed by atoms with Crippen molar-refractivity contribution < 1.29 is 92.6 Å². The lowest BCUT2D eigenvalue weighted by Crippen LogP contribution is -2.22. The first-order valence-electron chi connectivity index (χ1n) is 15.7. The minimum Gasteiger partial charge on any atom is -0.488 e. The van der Waals surface area contributed by atoms with Crippen LogP contribution in [0.2, 0.25) is 0 Å². The summed E-state index contributed by atoms with van der Waals surface area (Å²) in [5, 5.41) is 0. The van der Waals surface area contributed by atoms with Crippen molar-refractivity contribution in [3.8, 4) is 17.2 Å². The van der Waals surface area contributed by atoms with Gasteiger partial charge in [0.1, 0.15) is 34.1 Å². The van der Waals surface area contributed by atoms with Crippen LogP contribution in [0.1, 0.15) is 62.3 Å². The first-order chi connectivity index (χ1) is 26.2. The molecule has 0 fully saturated rings. The molecule has 0 amide bonds. The zero-order chi connectivity index (χ0) is 48.6. The molecule has 3 aromatic carbocycles. The lowest BCUT2D eigenvalue weighted by atomic mass is 10.2. The van der Waals surface area contributed by atoms with E-state index in [4.69, 9.17) is 53.1 Å². The van der Waals surface area contributed by atoms with Gasteiger partial charge in [0, 0.05) is 14.7 Å². The fourth-order valence-corrected chi connectivity index (χ4v) is 3.05. The lowest BCUT2D eigenvalue weighted by Gasteiger charge is -2.21. The van der Waals surface area contributed by atoms with E-state index in [0.29, 0.717) is 0 Å². The Morgan fingerprint density at radius 2 is 0.483 bits per heavy atom. The van der Waals surface area contributed by atoms with E-state index in [9.17, 15) is 39.5 Å². The number of hydrogen-bond donors (Lipinski definition) is 6. The molecule has 60 heavy (non-hydrogen) atoms. The van der Waals surface area contributed by atoms with Crippen LogP contribution in [0, 0.1) is 0 Å². The van der Waals surface area contributed by atoms with Gasteiger partial charge < -0.3 is 14.2 Å². The van der Waals surface area contributed by atoms with E-state index in [0.717, 1.165) is 31.9 Å². The molecule has 3 rings (SSSR count). The normalized spacial score (nSPS) is 12.4. The quantitative estimate of drug-likeness (QED) is 0.0631. The van der Waals surface area contributed by atoms with Gasteiger partial charge >= 0.3 is 46.9 Å². The summed E-state index contributed by atoms with van der Waals surface area (Å²) in [7, 11) is -17.5. The predicted octanol–water partition coefficient (Wildman–Crippen LogP) is 10.6. The van der Waals surface area contributed by atoms with E-state index < -0.39 is 46.9 Å². The molecule has 0 radical (unpaired) electrons. The molecule has 0 aliphatic rings. The van der Waals surface area contributed by atoms with Crippen molar-refractivity contribution in [2.45, 2.75) is 110 Å². The maximum Gasteiger partial charge on any atom is 0.522 e. The topological polar surface area (TPSA) is 191 Å². The van der Waals surface area contributed by atoms with Crippen molar-refractivity contribution in [1.29, 1.82) is 0 Å². The minimum absolute atomic E-state index is 0.127. The van der Waals surface area contributed by atoms with Gasteiger partial charge in [0.2, 0.25) is 0 Å². The highest BCUT2D eigenvalue weighted by Crippen LogP contribution is 2.24. The van der Waals surface area contributed by atoms with Crippen molar-refractivity contribution in [3.63, 3.8) is 0 Å². The summed E-state index contributed by atoms with van der Waals surface area (Å²) in [5.74, 6) is 2.67. The minimum atomic E-state index is -5.84. The third-order valence-electron chi connectivity index (χ3n) is 4.66. The number of ether oxygens (including phenoxy) is 3. The van der Waals surface area contributed by atoms with Crippen molar-refractivity contribution in [2.24, 2.45) is 0 Å². The maximum absolute atomic E-state index is 10.7. The Kier molecular flexibility index (Phi) is 24.8. The number of benzene rings is 3. The molecular weight excluding hydrogens is 952 g/mol. The number of hydrogen-bond acceptors (Lipinski definition) is 12. The lowest BCUT2D eigenvalue weighted by molar-refractivity contribution is -0.0514. The monoisotopic (exact) mass is 996 g/mol. The van der Waals surface area contributed by atoms with Gasteiger partial charge in [0.05, 0.1) is 0 Å². The molecule has 0 bridgehead atoms. The molecule has 0 heterocycles. The molecule has 348 valence electrons. The van der Waals surface area contributed by atoms with E-state index in [-0.39, 0.29) is 16.8 Å². The maximum atomic E-state index is 10.7. The Balaban J connectivity index is -0.000000658. The van der Waals surface area contributed by atoms with Gasteiger partial charge in [-0.15, -0.1) is 37.9 Å². The predicted molar refractivity (Wildman–Crippen MR) is 215 cm³/mol. The van der Waals surface area contributed by atoms with Crippen LogP contribution >= 0.6 is 37.9 Å². The first kappa shape index (κ1) is 61.5. The average Bonchev–Trinajstić information content (AvgIpc) is 2.97. The van der Waals surface area contributed by atoms with E-state index in [1.807, 2.05) is 135 Å². The van der Waals surface area contributed by atoms with Gasteiger partial charge in [-0.25, -0.2) is 0 Å². The highest BCUT2D eigenvalue weighted by molar-refractivity contribution is 7.87. The van der Waals surface area contributed by atoms with Gasteiger partial charge in [-0.1, -0.05) is 0 Å². The number of thiol groups is 3. The molecule has 0 saturated carbocycles. The highest BCUT2D eigenvalue weighted by atomic mass is 32.2. The molecule has 0 unspecified atom stereocenters. The molecule has 3 aromatic rings. The van der Waals surface area contributed by atoms with E-state index in [1.54, 1.807) is 0 Å². The largest absolute Gasteiger partial charge is 0.522 e. The van der Waals surface area contributed by atoms with Crippen LogP contribution in [0.5, 0.6) is 17.2 Å². The summed E-state index contributed by atoms with van der Waals surface area (Å²) >= 11 is 12.6. The summed E-state index contributed by atoms with van der Waals surface area (Å²) in [4.78, 5) is 2.86. The Hall–Kier alpha value is -2.79. The zero-order valence-corrected chi connectivity index (χ0v) is 38.0. The van der Waals surface area contributed by atoms with Crippen molar-refractivity contribution in [1.82, 2.24) is 0 Å². The van der Waals surface area contributed by atoms with Gasteiger partial charge in [0.15, 0.2) is 0 Å². The van der Waals surface area contributed by atoms with Crippen molar-refractivity contribution in [2.75, 3.05) is 0 Å². The van der Waals surface area contributed by atoms with Crippen molar-refractivity contribution in [3.05, 3.63) is 72.8 Å². The summed E-state index contributed by atoms with van der Waals surface area (Å²) in [6, 6.07) is 23.1. The highest BCUT2D eigenvalue weighted by Gasteiger charge is 2.45. The molecule has 0 aromatic heterocycles. The van der Waals surface area contributed by atoms with Crippen LogP contribution in [-0.2, 0) is 30.4 Å². The Morgan fingerprint density at radius 3 is 0.567 bits per heavy atom. The fourth-order valence-electron chi connectivity index (χ4n) is 2.60. The molecule has 27 heteroatoms. The molecule has 0 saturated heterocycles. The second-order valence-corrected chi connectivity index (χ2v) is 19.7. The standard InChI is InChI=1S/3C10H14OS.3CHF3O3S/c3*1-10(2,3)11-8-4-6-9(12)7-5-8;3*2-1(3,4)8(5,6)7/h3*4-7,12H,1-3H3;3*(H,5,6,7). The molecule has 3 N–H and O–H groups in total. The smallest absolute Gasteiger partial charge is 0.488 e. The molecule has 12 nitrogen and oxygen atoms in total. The van der Waals surface area contributed by atoms with E-state index >= 15 is 0 Å². The summed E-state index contributed by atoms with van der Waals surface area (Å²) in [6.07, 6.45) is 0. The third-order valence-corrected chi connectivity index (χ3v) is 7.31. The first-order valence-corrected chi connectivity index (χ1v) is 21.4. The fraction of sp³-hybridized carbons (Fsp3) is 0.455. The zero-order valence-electron chi connectivity index (χ0n) is 32.9. The third kappa shape index (κ3) is 33.9.